The van der Waals surface area contributed by atoms with E-state index >= 15 is 0 Å². The molecule has 8 heteroatoms. The van der Waals surface area contributed by atoms with E-state index in [2.05, 4.69) is 10.3 Å². The topological polar surface area (TPSA) is 71.5 Å². The molecular formula is C19H20ClN3O3S. The molecule has 2 heterocycles. The second kappa shape index (κ2) is 7.48. The summed E-state index contributed by atoms with van der Waals surface area (Å²) in [6, 6.07) is 5.12. The fourth-order valence-corrected chi connectivity index (χ4v) is 4.82. The van der Waals surface area contributed by atoms with Crippen molar-refractivity contribution >= 4 is 45.6 Å². The van der Waals surface area contributed by atoms with E-state index < -0.39 is 5.92 Å². The van der Waals surface area contributed by atoms with Crippen LogP contribution in [0.2, 0.25) is 5.02 Å². The van der Waals surface area contributed by atoms with Gasteiger partial charge in [-0.3, -0.25) is 9.59 Å². The third-order valence-corrected chi connectivity index (χ3v) is 6.31. The molecule has 142 valence electrons. The van der Waals surface area contributed by atoms with E-state index in [0.717, 1.165) is 25.0 Å². The average molecular weight is 406 g/mol. The van der Waals surface area contributed by atoms with E-state index in [4.69, 9.17) is 16.3 Å². The Bertz CT molecular complexity index is 875. The molecule has 1 aromatic heterocycles. The Morgan fingerprint density at radius 1 is 1.37 bits per heavy atom. The quantitative estimate of drug-likeness (QED) is 0.842. The molecule has 1 aliphatic heterocycles. The van der Waals surface area contributed by atoms with Crippen molar-refractivity contribution in [3.05, 3.63) is 33.8 Å². The van der Waals surface area contributed by atoms with Crippen molar-refractivity contribution in [2.75, 3.05) is 23.9 Å². The summed E-state index contributed by atoms with van der Waals surface area (Å²) < 4.78 is 5.34. The maximum Gasteiger partial charge on any atom is 0.231 e. The summed E-state index contributed by atoms with van der Waals surface area (Å²) in [6.45, 7) is 0.298. The summed E-state index contributed by atoms with van der Waals surface area (Å²) in [5.41, 5.74) is 1.70. The van der Waals surface area contributed by atoms with Gasteiger partial charge in [0, 0.05) is 22.9 Å². The Hall–Kier alpha value is -2.12. The van der Waals surface area contributed by atoms with Crippen molar-refractivity contribution in [2.45, 2.75) is 32.1 Å². The molecule has 1 unspecified atom stereocenters. The minimum absolute atomic E-state index is 0.117. The number of nitrogens with zero attached hydrogens (tertiary/aromatic N) is 2. The number of carbonyl (C=O) groups excluding carboxylic acids is 2. The first kappa shape index (κ1) is 18.3. The van der Waals surface area contributed by atoms with Gasteiger partial charge in [0.15, 0.2) is 5.13 Å². The van der Waals surface area contributed by atoms with Crippen molar-refractivity contribution in [1.29, 1.82) is 0 Å². The summed E-state index contributed by atoms with van der Waals surface area (Å²) in [6.07, 6.45) is 4.50. The standard InChI is InChI=1S/C19H20ClN3O3S/c1-26-15-7-6-12(20)9-14(15)23-10-11(8-17(23)24)18(25)22-19-21-13-4-2-3-5-16(13)27-19/h6-7,9,11H,2-5,8,10H2,1H3,(H,21,22,25). The highest BCUT2D eigenvalue weighted by atomic mass is 35.5. The molecule has 1 aliphatic carbocycles. The average Bonchev–Trinajstić information content (AvgIpc) is 3.24. The zero-order chi connectivity index (χ0) is 19.0. The van der Waals surface area contributed by atoms with Gasteiger partial charge in [-0.25, -0.2) is 4.98 Å². The van der Waals surface area contributed by atoms with Gasteiger partial charge in [-0.2, -0.15) is 0 Å². The van der Waals surface area contributed by atoms with Gasteiger partial charge in [-0.15, -0.1) is 11.3 Å². The SMILES string of the molecule is COc1ccc(Cl)cc1N1CC(C(=O)Nc2nc3c(s2)CCCC3)CC1=O. The smallest absolute Gasteiger partial charge is 0.231 e. The van der Waals surface area contributed by atoms with Gasteiger partial charge in [-0.05, 0) is 43.9 Å². The van der Waals surface area contributed by atoms with E-state index in [0.29, 0.717) is 28.1 Å². The number of hydrogen-bond donors (Lipinski definition) is 1. The van der Waals surface area contributed by atoms with Crippen LogP contribution in [0, 0.1) is 5.92 Å². The van der Waals surface area contributed by atoms with Crippen molar-refractivity contribution < 1.29 is 14.3 Å². The number of nitrogens with one attached hydrogen (secondary N) is 1. The van der Waals surface area contributed by atoms with Gasteiger partial charge in [-0.1, -0.05) is 11.6 Å². The third-order valence-electron chi connectivity index (χ3n) is 5.00. The van der Waals surface area contributed by atoms with Gasteiger partial charge in [0.25, 0.3) is 0 Å². The van der Waals surface area contributed by atoms with E-state index in [1.165, 1.54) is 11.3 Å². The summed E-state index contributed by atoms with van der Waals surface area (Å²) >= 11 is 7.63. The lowest BCUT2D eigenvalue weighted by atomic mass is 10.0. The number of methoxy groups -OCH3 is 1. The van der Waals surface area contributed by atoms with Crippen LogP contribution in [0.1, 0.15) is 29.8 Å². The molecule has 1 saturated heterocycles. The van der Waals surface area contributed by atoms with E-state index in [9.17, 15) is 9.59 Å². The molecule has 2 aliphatic rings. The predicted molar refractivity (Wildman–Crippen MR) is 106 cm³/mol. The number of aromatic nitrogens is 1. The van der Waals surface area contributed by atoms with Crippen LogP contribution in [0.25, 0.3) is 0 Å². The van der Waals surface area contributed by atoms with Crippen LogP contribution in [-0.2, 0) is 22.4 Å². The van der Waals surface area contributed by atoms with Gasteiger partial charge in [0.1, 0.15) is 5.75 Å². The molecule has 1 fully saturated rings. The fourth-order valence-electron chi connectivity index (χ4n) is 3.60. The lowest BCUT2D eigenvalue weighted by Gasteiger charge is -2.19. The van der Waals surface area contributed by atoms with Gasteiger partial charge in [0.2, 0.25) is 11.8 Å². The normalized spacial score (nSPS) is 19.1. The Morgan fingerprint density at radius 3 is 2.96 bits per heavy atom. The molecule has 2 amide bonds. The monoisotopic (exact) mass is 405 g/mol. The summed E-state index contributed by atoms with van der Waals surface area (Å²) in [5.74, 6) is -0.157. The molecule has 1 N–H and O–H groups in total. The van der Waals surface area contributed by atoms with Gasteiger partial charge >= 0.3 is 0 Å². The first-order valence-electron chi connectivity index (χ1n) is 8.98. The number of aryl methyl sites for hydroxylation is 2. The minimum atomic E-state index is -0.429. The third kappa shape index (κ3) is 3.66. The molecule has 1 atom stereocenters. The molecule has 0 bridgehead atoms. The molecular weight excluding hydrogens is 386 g/mol. The Labute approximate surface area is 166 Å². The number of carbonyl (C=O) groups is 2. The van der Waals surface area contributed by atoms with E-state index in [1.807, 2.05) is 0 Å². The maximum absolute atomic E-state index is 12.7. The largest absolute Gasteiger partial charge is 0.495 e. The molecule has 1 aromatic carbocycles. The summed E-state index contributed by atoms with van der Waals surface area (Å²) in [5, 5.41) is 4.06. The molecule has 4 rings (SSSR count). The van der Waals surface area contributed by atoms with Crippen molar-refractivity contribution in [1.82, 2.24) is 4.98 Å². The number of halogens is 1. The maximum atomic E-state index is 12.7. The zero-order valence-corrected chi connectivity index (χ0v) is 16.5. The highest BCUT2D eigenvalue weighted by Crippen LogP contribution is 2.36. The molecule has 27 heavy (non-hydrogen) atoms. The summed E-state index contributed by atoms with van der Waals surface area (Å²) in [4.78, 5) is 32.6. The lowest BCUT2D eigenvalue weighted by Crippen LogP contribution is -2.28. The second-order valence-corrected chi connectivity index (χ2v) is 8.33. The lowest BCUT2D eigenvalue weighted by molar-refractivity contribution is -0.122. The minimum Gasteiger partial charge on any atom is -0.495 e. The van der Waals surface area contributed by atoms with Crippen LogP contribution in [0.4, 0.5) is 10.8 Å². The van der Waals surface area contributed by atoms with Gasteiger partial charge in [0.05, 0.1) is 24.4 Å². The first-order valence-corrected chi connectivity index (χ1v) is 10.2. The fraction of sp³-hybridized carbons (Fsp3) is 0.421. The first-order chi connectivity index (χ1) is 13.0. The van der Waals surface area contributed by atoms with Crippen LogP contribution in [-0.4, -0.2) is 30.5 Å². The zero-order valence-electron chi connectivity index (χ0n) is 15.0. The number of hydrogen-bond acceptors (Lipinski definition) is 5. The molecule has 2 aromatic rings. The highest BCUT2D eigenvalue weighted by molar-refractivity contribution is 7.15. The Morgan fingerprint density at radius 2 is 2.19 bits per heavy atom. The van der Waals surface area contributed by atoms with Crippen LogP contribution < -0.4 is 15.0 Å². The number of amides is 2. The van der Waals surface area contributed by atoms with Crippen LogP contribution in [0.3, 0.4) is 0 Å². The molecule has 0 spiro atoms. The number of rotatable bonds is 4. The molecule has 0 radical (unpaired) electrons. The van der Waals surface area contributed by atoms with Crippen molar-refractivity contribution in [3.8, 4) is 5.75 Å². The number of ether oxygens (including phenoxy) is 1. The van der Waals surface area contributed by atoms with Crippen LogP contribution >= 0.6 is 22.9 Å². The number of fused-ring (bicyclic) bond motifs is 1. The number of anilines is 2. The molecule has 0 saturated carbocycles. The van der Waals surface area contributed by atoms with Crippen molar-refractivity contribution in [2.24, 2.45) is 5.92 Å². The van der Waals surface area contributed by atoms with Gasteiger partial charge < -0.3 is 15.0 Å². The Balaban J connectivity index is 1.48. The van der Waals surface area contributed by atoms with Crippen LogP contribution in [0.5, 0.6) is 5.75 Å². The van der Waals surface area contributed by atoms with Crippen LogP contribution in [0.15, 0.2) is 18.2 Å². The number of thiazole rings is 1. The molecule has 6 nitrogen and oxygen atoms in total. The predicted octanol–water partition coefficient (Wildman–Crippen LogP) is 3.68. The highest BCUT2D eigenvalue weighted by Gasteiger charge is 2.36. The number of benzene rings is 1. The second-order valence-electron chi connectivity index (χ2n) is 6.81. The van der Waals surface area contributed by atoms with E-state index in [-0.39, 0.29) is 18.2 Å². The van der Waals surface area contributed by atoms with Crippen molar-refractivity contribution in [3.63, 3.8) is 0 Å². The van der Waals surface area contributed by atoms with E-state index in [1.54, 1.807) is 41.5 Å². The Kier molecular flexibility index (Phi) is 5.06. The summed E-state index contributed by atoms with van der Waals surface area (Å²) in [7, 11) is 1.54.